The highest BCUT2D eigenvalue weighted by Gasteiger charge is 2.28. The molecule has 5 heteroatoms. The molecule has 1 N–H and O–H groups in total. The molecule has 1 aliphatic heterocycles. The van der Waals surface area contributed by atoms with Crippen LogP contribution >= 0.6 is 0 Å². The molecule has 15 heavy (non-hydrogen) atoms. The fourth-order valence-corrected chi connectivity index (χ4v) is 1.31. The molecule has 0 radical (unpaired) electrons. The van der Waals surface area contributed by atoms with Gasteiger partial charge in [0.2, 0.25) is 5.91 Å². The van der Waals surface area contributed by atoms with Crippen LogP contribution in [0.2, 0.25) is 0 Å². The Morgan fingerprint density at radius 2 is 2.40 bits per heavy atom. The average molecular weight is 214 g/mol. The minimum absolute atomic E-state index is 0.205. The van der Waals surface area contributed by atoms with Crippen LogP contribution in [0, 0.1) is 0 Å². The van der Waals surface area contributed by atoms with Crippen molar-refractivity contribution in [3.63, 3.8) is 0 Å². The van der Waals surface area contributed by atoms with Crippen molar-refractivity contribution < 1.29 is 20.5 Å². The molecule has 0 spiro atoms. The maximum Gasteiger partial charge on any atom is 0.328 e. The van der Waals surface area contributed by atoms with Crippen molar-refractivity contribution in [2.75, 3.05) is 6.61 Å². The van der Waals surface area contributed by atoms with E-state index < -0.39 is 30.1 Å². The molecule has 0 aromatic heterocycles. The Bertz CT molecular complexity index is 305. The summed E-state index contributed by atoms with van der Waals surface area (Å²) in [5, 5.41) is 2.35. The summed E-state index contributed by atoms with van der Waals surface area (Å²) >= 11 is 0. The standard InChI is InChI=1S/C10H15NO4/c1-2-3-7(12)6-9(13)11-8-4-5-15-10(8)14/h8H,2-6H2,1H3,(H,11,13)/t8-/m0/s1/i6D/t6?,8-. The molecule has 0 aliphatic carbocycles. The second-order valence-corrected chi connectivity index (χ2v) is 3.38. The highest BCUT2D eigenvalue weighted by atomic mass is 16.5. The number of cyclic esters (lactones) is 1. The number of carbonyl (C=O) groups excluding carboxylic acids is 3. The van der Waals surface area contributed by atoms with Crippen LogP contribution in [0.5, 0.6) is 0 Å². The first kappa shape index (κ1) is 10.1. The molecule has 1 aliphatic rings. The minimum atomic E-state index is -1.44. The number of Topliss-reactive ketones (excluding diaryl/α,β-unsaturated/α-hetero) is 1. The fraction of sp³-hybridized carbons (Fsp3) is 0.700. The van der Waals surface area contributed by atoms with Gasteiger partial charge in [-0.1, -0.05) is 6.92 Å². The van der Waals surface area contributed by atoms with Gasteiger partial charge in [-0.15, -0.1) is 0 Å². The molecule has 1 saturated heterocycles. The Morgan fingerprint density at radius 1 is 1.67 bits per heavy atom. The lowest BCUT2D eigenvalue weighted by atomic mass is 10.1. The lowest BCUT2D eigenvalue weighted by molar-refractivity contribution is -0.142. The van der Waals surface area contributed by atoms with E-state index in [4.69, 9.17) is 1.37 Å². The van der Waals surface area contributed by atoms with Gasteiger partial charge in [0.15, 0.2) is 0 Å². The SMILES string of the molecule is [2H]C(C(=O)CCC)C(=O)N[C@H]1CCOC1=O. The van der Waals surface area contributed by atoms with Crippen LogP contribution in [-0.4, -0.2) is 30.3 Å². The summed E-state index contributed by atoms with van der Waals surface area (Å²) in [5.74, 6) is -1.64. The fourth-order valence-electron chi connectivity index (χ4n) is 1.31. The number of esters is 1. The third-order valence-corrected chi connectivity index (χ3v) is 2.04. The number of nitrogens with one attached hydrogen (secondary N) is 1. The van der Waals surface area contributed by atoms with Crippen LogP contribution < -0.4 is 5.32 Å². The molecular weight excluding hydrogens is 198 g/mol. The van der Waals surface area contributed by atoms with Crippen molar-refractivity contribution in [2.24, 2.45) is 0 Å². The predicted molar refractivity (Wildman–Crippen MR) is 52.0 cm³/mol. The molecule has 0 bridgehead atoms. The van der Waals surface area contributed by atoms with E-state index in [1.54, 1.807) is 6.92 Å². The van der Waals surface area contributed by atoms with Gasteiger partial charge in [-0.05, 0) is 6.42 Å². The zero-order valence-electron chi connectivity index (χ0n) is 9.62. The normalized spacial score (nSPS) is 22.9. The molecular formula is C10H15NO4. The highest BCUT2D eigenvalue weighted by molar-refractivity contribution is 5.99. The quantitative estimate of drug-likeness (QED) is 0.523. The Labute approximate surface area is 89.6 Å². The number of ether oxygens (including phenoxy) is 1. The first-order valence-corrected chi connectivity index (χ1v) is 4.98. The number of carbonyl (C=O) groups is 3. The van der Waals surface area contributed by atoms with Crippen LogP contribution in [0.1, 0.15) is 34.0 Å². The number of hydrogen-bond donors (Lipinski definition) is 1. The van der Waals surface area contributed by atoms with Gasteiger partial charge in [0, 0.05) is 14.2 Å². The van der Waals surface area contributed by atoms with Gasteiger partial charge in [0.1, 0.15) is 11.8 Å². The molecule has 84 valence electrons. The Kier molecular flexibility index (Phi) is 3.70. The minimum Gasteiger partial charge on any atom is -0.464 e. The molecule has 0 saturated carbocycles. The van der Waals surface area contributed by atoms with Crippen LogP contribution in [0.4, 0.5) is 0 Å². The van der Waals surface area contributed by atoms with Crippen molar-refractivity contribution in [3.8, 4) is 0 Å². The predicted octanol–water partition coefficient (Wildman–Crippen LogP) is 0.177. The van der Waals surface area contributed by atoms with Crippen molar-refractivity contribution in [2.45, 2.75) is 38.6 Å². The van der Waals surface area contributed by atoms with Gasteiger partial charge in [-0.2, -0.15) is 0 Å². The van der Waals surface area contributed by atoms with Crippen LogP contribution in [0.15, 0.2) is 0 Å². The second kappa shape index (κ2) is 5.48. The van der Waals surface area contributed by atoms with E-state index in [0.29, 0.717) is 12.8 Å². The zero-order valence-corrected chi connectivity index (χ0v) is 8.62. The van der Waals surface area contributed by atoms with Gasteiger partial charge in [0.25, 0.3) is 0 Å². The molecule has 1 amide bonds. The molecule has 0 aromatic carbocycles. The van der Waals surface area contributed by atoms with Gasteiger partial charge >= 0.3 is 5.97 Å². The summed E-state index contributed by atoms with van der Waals surface area (Å²) in [5.41, 5.74) is 0. The monoisotopic (exact) mass is 214 g/mol. The number of hydrogen-bond acceptors (Lipinski definition) is 4. The smallest absolute Gasteiger partial charge is 0.328 e. The van der Waals surface area contributed by atoms with Crippen LogP contribution in [-0.2, 0) is 19.1 Å². The summed E-state index contributed by atoms with van der Waals surface area (Å²) < 4.78 is 12.1. The van der Waals surface area contributed by atoms with E-state index >= 15 is 0 Å². The molecule has 1 heterocycles. The third kappa shape index (κ3) is 3.69. The Balaban J connectivity index is 2.45. The topological polar surface area (TPSA) is 72.5 Å². The van der Waals surface area contributed by atoms with E-state index in [0.717, 1.165) is 0 Å². The first-order chi connectivity index (χ1) is 7.56. The molecule has 0 aromatic rings. The highest BCUT2D eigenvalue weighted by Crippen LogP contribution is 2.06. The molecule has 1 rings (SSSR count). The molecule has 1 unspecified atom stereocenters. The third-order valence-electron chi connectivity index (χ3n) is 2.04. The summed E-state index contributed by atoms with van der Waals surface area (Å²) in [7, 11) is 0. The summed E-state index contributed by atoms with van der Waals surface area (Å²) in [6.45, 7) is 2.08. The first-order valence-electron chi connectivity index (χ1n) is 5.56. The average Bonchev–Trinajstić information content (AvgIpc) is 2.63. The largest absolute Gasteiger partial charge is 0.464 e. The van der Waals surface area contributed by atoms with Gasteiger partial charge < -0.3 is 10.1 Å². The Morgan fingerprint density at radius 3 is 2.93 bits per heavy atom. The van der Waals surface area contributed by atoms with Gasteiger partial charge in [0.05, 0.1) is 13.0 Å². The van der Waals surface area contributed by atoms with E-state index in [1.165, 1.54) is 0 Å². The maximum absolute atomic E-state index is 11.4. The van der Waals surface area contributed by atoms with Crippen molar-refractivity contribution in [1.82, 2.24) is 5.32 Å². The van der Waals surface area contributed by atoms with Crippen molar-refractivity contribution >= 4 is 17.7 Å². The van der Waals surface area contributed by atoms with E-state index in [2.05, 4.69) is 10.1 Å². The Hall–Kier alpha value is -1.39. The molecule has 5 nitrogen and oxygen atoms in total. The van der Waals surface area contributed by atoms with E-state index in [-0.39, 0.29) is 13.0 Å². The summed E-state index contributed by atoms with van der Waals surface area (Å²) in [6, 6.07) is -0.699. The van der Waals surface area contributed by atoms with E-state index in [9.17, 15) is 14.4 Å². The molecule has 2 atom stereocenters. The van der Waals surface area contributed by atoms with Gasteiger partial charge in [-0.25, -0.2) is 4.79 Å². The van der Waals surface area contributed by atoms with Crippen molar-refractivity contribution in [1.29, 1.82) is 0 Å². The lowest BCUT2D eigenvalue weighted by Gasteiger charge is -2.07. The van der Waals surface area contributed by atoms with Crippen LogP contribution in [0.3, 0.4) is 0 Å². The van der Waals surface area contributed by atoms with Gasteiger partial charge in [-0.3, -0.25) is 9.59 Å². The number of amides is 1. The number of ketones is 1. The van der Waals surface area contributed by atoms with Crippen LogP contribution in [0.25, 0.3) is 0 Å². The van der Waals surface area contributed by atoms with Crippen molar-refractivity contribution in [3.05, 3.63) is 0 Å². The summed E-state index contributed by atoms with van der Waals surface area (Å²) in [6.07, 6.45) is -0.225. The zero-order chi connectivity index (χ0) is 12.1. The second-order valence-electron chi connectivity index (χ2n) is 3.38. The summed E-state index contributed by atoms with van der Waals surface area (Å²) in [4.78, 5) is 33.8. The number of rotatable bonds is 5. The molecule has 1 fully saturated rings. The van der Waals surface area contributed by atoms with E-state index in [1.807, 2.05) is 0 Å². The maximum atomic E-state index is 11.4. The lowest BCUT2D eigenvalue weighted by Crippen LogP contribution is -2.38.